The number of aromatic nitrogens is 3. The number of anilines is 1. The van der Waals surface area contributed by atoms with Gasteiger partial charge in [0, 0.05) is 35.2 Å². The van der Waals surface area contributed by atoms with Gasteiger partial charge in [-0.15, -0.1) is 0 Å². The van der Waals surface area contributed by atoms with Gasteiger partial charge in [-0.25, -0.2) is 9.37 Å². The molecular formula is C22H24Cl2FN5O2. The van der Waals surface area contributed by atoms with Crippen LogP contribution in [-0.2, 0) is 0 Å². The zero-order valence-corrected chi connectivity index (χ0v) is 19.3. The first-order valence-electron chi connectivity index (χ1n) is 10.3. The lowest BCUT2D eigenvalue weighted by molar-refractivity contribution is 0.227. The van der Waals surface area contributed by atoms with Gasteiger partial charge in [-0.3, -0.25) is 4.68 Å². The Hall–Kier alpha value is -2.55. The SMILES string of the molecule is COc1cc(F)c(Cl)c(C(C)Oc2cc(-c3cnn(C4CCNCC4)c3)cnc2N)c1Cl. The van der Waals surface area contributed by atoms with E-state index in [9.17, 15) is 4.39 Å². The number of methoxy groups -OCH3 is 1. The van der Waals surface area contributed by atoms with Crippen LogP contribution in [0.25, 0.3) is 11.1 Å². The van der Waals surface area contributed by atoms with Crippen LogP contribution in [-0.4, -0.2) is 35.0 Å². The average molecular weight is 480 g/mol. The van der Waals surface area contributed by atoms with Crippen LogP contribution in [0.1, 0.15) is 37.5 Å². The summed E-state index contributed by atoms with van der Waals surface area (Å²) in [6.45, 7) is 3.66. The van der Waals surface area contributed by atoms with Crippen LogP contribution >= 0.6 is 23.2 Å². The molecule has 170 valence electrons. The first-order valence-corrected chi connectivity index (χ1v) is 11.0. The summed E-state index contributed by atoms with van der Waals surface area (Å²) in [4.78, 5) is 4.26. The number of piperidine rings is 1. The standard InChI is InChI=1S/C22H24Cl2FN5O2/c1-12(19-20(23)16(25)8-17(31-2)21(19)24)32-18-7-13(9-28-22(18)26)14-10-29-30(11-14)15-3-5-27-6-4-15/h7-12,15,27H,3-6H2,1-2H3,(H2,26,28). The molecule has 3 N–H and O–H groups in total. The maximum atomic E-state index is 14.2. The normalized spacial score (nSPS) is 15.5. The van der Waals surface area contributed by atoms with Crippen LogP contribution in [0.15, 0.2) is 30.7 Å². The van der Waals surface area contributed by atoms with Crippen LogP contribution in [0.4, 0.5) is 10.2 Å². The Morgan fingerprint density at radius 3 is 2.62 bits per heavy atom. The van der Waals surface area contributed by atoms with Crippen LogP contribution in [0.5, 0.6) is 11.5 Å². The van der Waals surface area contributed by atoms with Gasteiger partial charge in [0.1, 0.15) is 17.7 Å². The summed E-state index contributed by atoms with van der Waals surface area (Å²) in [5, 5.41) is 7.93. The number of benzene rings is 1. The van der Waals surface area contributed by atoms with E-state index in [0.29, 0.717) is 11.8 Å². The summed E-state index contributed by atoms with van der Waals surface area (Å²) in [5.74, 6) is 0.0506. The van der Waals surface area contributed by atoms with Crippen molar-refractivity contribution in [3.8, 4) is 22.6 Å². The number of rotatable bonds is 6. The van der Waals surface area contributed by atoms with Gasteiger partial charge in [-0.2, -0.15) is 5.10 Å². The lowest BCUT2D eigenvalue weighted by Gasteiger charge is -2.22. The molecule has 0 amide bonds. The molecule has 10 heteroatoms. The summed E-state index contributed by atoms with van der Waals surface area (Å²) in [6, 6.07) is 3.29. The van der Waals surface area contributed by atoms with E-state index in [1.807, 2.05) is 10.9 Å². The monoisotopic (exact) mass is 479 g/mol. The number of hydrogen-bond acceptors (Lipinski definition) is 6. The van der Waals surface area contributed by atoms with E-state index in [4.69, 9.17) is 38.4 Å². The fraction of sp³-hybridized carbons (Fsp3) is 0.364. The van der Waals surface area contributed by atoms with Crippen LogP contribution in [0, 0.1) is 5.82 Å². The fourth-order valence-electron chi connectivity index (χ4n) is 3.82. The molecule has 3 aromatic rings. The highest BCUT2D eigenvalue weighted by Crippen LogP contribution is 2.41. The largest absolute Gasteiger partial charge is 0.495 e. The molecule has 1 atom stereocenters. The van der Waals surface area contributed by atoms with Crippen molar-refractivity contribution in [3.63, 3.8) is 0 Å². The first-order chi connectivity index (χ1) is 15.4. The van der Waals surface area contributed by atoms with Crippen molar-refractivity contribution in [1.82, 2.24) is 20.1 Å². The molecule has 1 saturated heterocycles. The molecule has 0 spiro atoms. The molecule has 1 aromatic carbocycles. The second-order valence-corrected chi connectivity index (χ2v) is 8.42. The smallest absolute Gasteiger partial charge is 0.166 e. The molecule has 1 fully saturated rings. The van der Waals surface area contributed by atoms with Gasteiger partial charge < -0.3 is 20.5 Å². The number of pyridine rings is 1. The van der Waals surface area contributed by atoms with Gasteiger partial charge >= 0.3 is 0 Å². The molecule has 7 nitrogen and oxygen atoms in total. The summed E-state index contributed by atoms with van der Waals surface area (Å²) in [7, 11) is 1.40. The zero-order chi connectivity index (χ0) is 22.8. The molecule has 0 radical (unpaired) electrons. The molecule has 32 heavy (non-hydrogen) atoms. The molecule has 0 bridgehead atoms. The zero-order valence-electron chi connectivity index (χ0n) is 17.7. The van der Waals surface area contributed by atoms with Crippen LogP contribution in [0.2, 0.25) is 10.0 Å². The van der Waals surface area contributed by atoms with Crippen molar-refractivity contribution in [1.29, 1.82) is 0 Å². The highest BCUT2D eigenvalue weighted by atomic mass is 35.5. The van der Waals surface area contributed by atoms with E-state index in [2.05, 4.69) is 15.4 Å². The van der Waals surface area contributed by atoms with Gasteiger partial charge in [0.05, 0.1) is 29.4 Å². The molecule has 2 aromatic heterocycles. The van der Waals surface area contributed by atoms with E-state index in [-0.39, 0.29) is 27.2 Å². The summed E-state index contributed by atoms with van der Waals surface area (Å²) in [6.07, 6.45) is 6.82. The highest BCUT2D eigenvalue weighted by Gasteiger charge is 2.24. The van der Waals surface area contributed by atoms with Gasteiger partial charge in [0.2, 0.25) is 0 Å². The number of nitrogens with one attached hydrogen (secondary N) is 1. The van der Waals surface area contributed by atoms with Crippen molar-refractivity contribution in [2.24, 2.45) is 0 Å². The van der Waals surface area contributed by atoms with E-state index >= 15 is 0 Å². The van der Waals surface area contributed by atoms with Crippen molar-refractivity contribution >= 4 is 29.0 Å². The minimum Gasteiger partial charge on any atom is -0.495 e. The number of halogens is 3. The Morgan fingerprint density at radius 1 is 1.16 bits per heavy atom. The van der Waals surface area contributed by atoms with Gasteiger partial charge in [-0.05, 0) is 38.9 Å². The number of hydrogen-bond donors (Lipinski definition) is 2. The van der Waals surface area contributed by atoms with Crippen molar-refractivity contribution < 1.29 is 13.9 Å². The molecule has 0 aliphatic carbocycles. The summed E-state index contributed by atoms with van der Waals surface area (Å²) < 4.78 is 27.4. The van der Waals surface area contributed by atoms with E-state index < -0.39 is 11.9 Å². The maximum absolute atomic E-state index is 14.2. The van der Waals surface area contributed by atoms with Gasteiger partial charge in [0.15, 0.2) is 11.6 Å². The fourth-order valence-corrected chi connectivity index (χ4v) is 4.55. The topological polar surface area (TPSA) is 87.2 Å². The van der Waals surface area contributed by atoms with E-state index in [0.717, 1.165) is 43.1 Å². The Labute approximate surface area is 195 Å². The second kappa shape index (κ2) is 9.52. The van der Waals surface area contributed by atoms with Gasteiger partial charge in [-0.1, -0.05) is 23.2 Å². The van der Waals surface area contributed by atoms with Crippen molar-refractivity contribution in [2.75, 3.05) is 25.9 Å². The lowest BCUT2D eigenvalue weighted by Crippen LogP contribution is -2.29. The average Bonchev–Trinajstić information content (AvgIpc) is 3.29. The van der Waals surface area contributed by atoms with Crippen LogP contribution in [0.3, 0.4) is 0 Å². The Bertz CT molecular complexity index is 1120. The Balaban J connectivity index is 1.60. The molecule has 0 saturated carbocycles. The minimum absolute atomic E-state index is 0.130. The maximum Gasteiger partial charge on any atom is 0.166 e. The predicted octanol–water partition coefficient (Wildman–Crippen LogP) is 5.05. The van der Waals surface area contributed by atoms with Crippen molar-refractivity contribution in [2.45, 2.75) is 31.9 Å². The third kappa shape index (κ3) is 4.48. The first kappa shape index (κ1) is 22.6. The quantitative estimate of drug-likeness (QED) is 0.481. The Morgan fingerprint density at radius 2 is 1.91 bits per heavy atom. The molecule has 1 aliphatic rings. The number of nitrogens with two attached hydrogens (primary N) is 1. The highest BCUT2D eigenvalue weighted by molar-refractivity contribution is 6.37. The second-order valence-electron chi connectivity index (χ2n) is 7.66. The van der Waals surface area contributed by atoms with Gasteiger partial charge in [0.25, 0.3) is 0 Å². The van der Waals surface area contributed by atoms with Crippen LogP contribution < -0.4 is 20.5 Å². The molecular weight excluding hydrogens is 456 g/mol. The van der Waals surface area contributed by atoms with Crippen molar-refractivity contribution in [3.05, 3.63) is 52.1 Å². The lowest BCUT2D eigenvalue weighted by atomic mass is 10.1. The number of nitrogen functional groups attached to an aromatic ring is 1. The third-order valence-electron chi connectivity index (χ3n) is 5.59. The molecule has 1 aliphatic heterocycles. The summed E-state index contributed by atoms with van der Waals surface area (Å²) >= 11 is 12.5. The summed E-state index contributed by atoms with van der Waals surface area (Å²) in [5.41, 5.74) is 8.02. The molecule has 4 rings (SSSR count). The minimum atomic E-state index is -0.712. The third-order valence-corrected chi connectivity index (χ3v) is 6.36. The molecule has 1 unspecified atom stereocenters. The molecule has 3 heterocycles. The predicted molar refractivity (Wildman–Crippen MR) is 123 cm³/mol. The Kier molecular flexibility index (Phi) is 6.74. The number of nitrogens with zero attached hydrogens (tertiary/aromatic N) is 3. The van der Waals surface area contributed by atoms with E-state index in [1.54, 1.807) is 25.4 Å². The van der Waals surface area contributed by atoms with E-state index in [1.165, 1.54) is 7.11 Å². The number of ether oxygens (including phenoxy) is 2.